The maximum absolute atomic E-state index is 12.2. The lowest BCUT2D eigenvalue weighted by Crippen LogP contribution is -2.47. The SMILES string of the molecule is CC(C)C[C@@H]1NC(=O)N(CC(=O)N[C@@H]2CCCC[C@@H]2C)C1=O. The molecule has 1 heterocycles. The zero-order valence-electron chi connectivity index (χ0n) is 13.7. The molecule has 1 saturated carbocycles. The maximum atomic E-state index is 12.2. The van der Waals surface area contributed by atoms with E-state index in [9.17, 15) is 14.4 Å². The van der Waals surface area contributed by atoms with E-state index in [0.29, 0.717) is 18.3 Å². The molecule has 1 saturated heterocycles. The summed E-state index contributed by atoms with van der Waals surface area (Å²) >= 11 is 0. The van der Waals surface area contributed by atoms with Crippen molar-refractivity contribution in [2.75, 3.05) is 6.54 Å². The third kappa shape index (κ3) is 3.99. The van der Waals surface area contributed by atoms with Crippen molar-refractivity contribution in [1.82, 2.24) is 15.5 Å². The summed E-state index contributed by atoms with van der Waals surface area (Å²) in [5, 5.41) is 5.64. The highest BCUT2D eigenvalue weighted by Crippen LogP contribution is 2.23. The molecule has 1 aliphatic carbocycles. The van der Waals surface area contributed by atoms with Gasteiger partial charge in [-0.05, 0) is 31.1 Å². The van der Waals surface area contributed by atoms with Gasteiger partial charge < -0.3 is 10.6 Å². The predicted octanol–water partition coefficient (Wildman–Crippen LogP) is 1.65. The van der Waals surface area contributed by atoms with Gasteiger partial charge in [-0.25, -0.2) is 4.79 Å². The van der Waals surface area contributed by atoms with Crippen LogP contribution in [-0.2, 0) is 9.59 Å². The van der Waals surface area contributed by atoms with Crippen molar-refractivity contribution in [2.24, 2.45) is 11.8 Å². The zero-order valence-corrected chi connectivity index (χ0v) is 13.7. The first-order valence-corrected chi connectivity index (χ1v) is 8.29. The van der Waals surface area contributed by atoms with E-state index in [1.165, 1.54) is 6.42 Å². The monoisotopic (exact) mass is 309 g/mol. The largest absolute Gasteiger partial charge is 0.352 e. The van der Waals surface area contributed by atoms with Gasteiger partial charge in [-0.3, -0.25) is 14.5 Å². The number of amides is 4. The molecule has 22 heavy (non-hydrogen) atoms. The van der Waals surface area contributed by atoms with Gasteiger partial charge in [-0.2, -0.15) is 0 Å². The van der Waals surface area contributed by atoms with Crippen LogP contribution in [0.1, 0.15) is 52.9 Å². The Labute approximate surface area is 132 Å². The Balaban J connectivity index is 1.88. The molecule has 0 spiro atoms. The summed E-state index contributed by atoms with van der Waals surface area (Å²) in [5.74, 6) is 0.235. The molecule has 0 radical (unpaired) electrons. The Morgan fingerprint density at radius 3 is 2.64 bits per heavy atom. The third-order valence-electron chi connectivity index (χ3n) is 4.57. The molecule has 0 aromatic rings. The van der Waals surface area contributed by atoms with E-state index in [4.69, 9.17) is 0 Å². The third-order valence-corrected chi connectivity index (χ3v) is 4.57. The summed E-state index contributed by atoms with van der Waals surface area (Å²) < 4.78 is 0. The van der Waals surface area contributed by atoms with Crippen molar-refractivity contribution in [3.63, 3.8) is 0 Å². The van der Waals surface area contributed by atoms with Gasteiger partial charge in [-0.15, -0.1) is 0 Å². The van der Waals surface area contributed by atoms with Gasteiger partial charge in [0.25, 0.3) is 5.91 Å². The molecule has 2 N–H and O–H groups in total. The van der Waals surface area contributed by atoms with Crippen LogP contribution in [0.4, 0.5) is 4.79 Å². The highest BCUT2D eigenvalue weighted by atomic mass is 16.2. The number of rotatable bonds is 5. The van der Waals surface area contributed by atoms with Crippen molar-refractivity contribution >= 4 is 17.8 Å². The van der Waals surface area contributed by atoms with Crippen molar-refractivity contribution in [2.45, 2.75) is 65.0 Å². The standard InChI is InChI=1S/C16H27N3O3/c1-10(2)8-13-15(21)19(16(22)18-13)9-14(20)17-12-7-5-4-6-11(12)3/h10-13H,4-9H2,1-3H3,(H,17,20)(H,18,22)/t11-,12+,13-/m0/s1. The van der Waals surface area contributed by atoms with Gasteiger partial charge >= 0.3 is 6.03 Å². The molecule has 0 bridgehead atoms. The number of nitrogens with one attached hydrogen (secondary N) is 2. The molecule has 2 fully saturated rings. The Morgan fingerprint density at radius 2 is 2.00 bits per heavy atom. The van der Waals surface area contributed by atoms with Gasteiger partial charge in [0.1, 0.15) is 12.6 Å². The fourth-order valence-electron chi connectivity index (χ4n) is 3.28. The minimum Gasteiger partial charge on any atom is -0.352 e. The fraction of sp³-hybridized carbons (Fsp3) is 0.812. The Kier molecular flexibility index (Phi) is 5.42. The lowest BCUT2D eigenvalue weighted by molar-refractivity contribution is -0.132. The summed E-state index contributed by atoms with van der Waals surface area (Å²) in [7, 11) is 0. The Bertz CT molecular complexity index is 450. The second-order valence-corrected chi connectivity index (χ2v) is 6.99. The van der Waals surface area contributed by atoms with Crippen molar-refractivity contribution in [1.29, 1.82) is 0 Å². The molecule has 6 nitrogen and oxygen atoms in total. The number of carbonyl (C=O) groups excluding carboxylic acids is 3. The molecule has 124 valence electrons. The van der Waals surface area contributed by atoms with Crippen molar-refractivity contribution in [3.05, 3.63) is 0 Å². The molecule has 6 heteroatoms. The minimum atomic E-state index is -0.492. The van der Waals surface area contributed by atoms with Crippen LogP contribution in [-0.4, -0.2) is 41.4 Å². The lowest BCUT2D eigenvalue weighted by atomic mass is 9.86. The molecular weight excluding hydrogens is 282 g/mol. The Morgan fingerprint density at radius 1 is 1.32 bits per heavy atom. The number of imide groups is 1. The molecule has 0 aromatic heterocycles. The molecule has 0 aromatic carbocycles. The smallest absolute Gasteiger partial charge is 0.325 e. The maximum Gasteiger partial charge on any atom is 0.325 e. The number of urea groups is 1. The van der Waals surface area contributed by atoms with Gasteiger partial charge in [0.05, 0.1) is 0 Å². The second-order valence-electron chi connectivity index (χ2n) is 6.99. The second kappa shape index (κ2) is 7.11. The number of hydrogen-bond donors (Lipinski definition) is 2. The number of hydrogen-bond acceptors (Lipinski definition) is 3. The van der Waals surface area contributed by atoms with Crippen molar-refractivity contribution < 1.29 is 14.4 Å². The van der Waals surface area contributed by atoms with E-state index < -0.39 is 12.1 Å². The minimum absolute atomic E-state index is 0.161. The molecule has 1 aliphatic heterocycles. The van der Waals surface area contributed by atoms with Gasteiger partial charge in [-0.1, -0.05) is 33.6 Å². The first-order valence-electron chi connectivity index (χ1n) is 8.29. The molecule has 3 atom stereocenters. The molecule has 0 unspecified atom stereocenters. The quantitative estimate of drug-likeness (QED) is 0.758. The van der Waals surface area contributed by atoms with Crippen LogP contribution in [0.3, 0.4) is 0 Å². The summed E-state index contributed by atoms with van der Waals surface area (Å²) in [4.78, 5) is 37.3. The highest BCUT2D eigenvalue weighted by molar-refractivity contribution is 6.06. The van der Waals surface area contributed by atoms with Gasteiger partial charge in [0, 0.05) is 6.04 Å². The van der Waals surface area contributed by atoms with Crippen LogP contribution in [0, 0.1) is 11.8 Å². The van der Waals surface area contributed by atoms with Crippen LogP contribution in [0.25, 0.3) is 0 Å². The van der Waals surface area contributed by atoms with E-state index in [-0.39, 0.29) is 24.4 Å². The summed E-state index contributed by atoms with van der Waals surface area (Å²) in [6.45, 7) is 5.96. The van der Waals surface area contributed by atoms with Crippen LogP contribution >= 0.6 is 0 Å². The van der Waals surface area contributed by atoms with E-state index in [2.05, 4.69) is 17.6 Å². The van der Waals surface area contributed by atoms with E-state index in [0.717, 1.165) is 24.2 Å². The van der Waals surface area contributed by atoms with Crippen LogP contribution < -0.4 is 10.6 Å². The average molecular weight is 309 g/mol. The molecule has 2 aliphatic rings. The summed E-state index contributed by atoms with van der Waals surface area (Å²) in [6, 6.07) is -0.787. The topological polar surface area (TPSA) is 78.5 Å². The van der Waals surface area contributed by atoms with E-state index >= 15 is 0 Å². The van der Waals surface area contributed by atoms with Gasteiger partial charge in [0.15, 0.2) is 0 Å². The Hall–Kier alpha value is -1.59. The normalized spacial score (nSPS) is 28.9. The first kappa shape index (κ1) is 16.8. The van der Waals surface area contributed by atoms with Crippen LogP contribution in [0.2, 0.25) is 0 Å². The first-order chi connectivity index (χ1) is 10.4. The highest BCUT2D eigenvalue weighted by Gasteiger charge is 2.39. The van der Waals surface area contributed by atoms with Gasteiger partial charge in [0.2, 0.25) is 5.91 Å². The van der Waals surface area contributed by atoms with Crippen LogP contribution in [0.5, 0.6) is 0 Å². The van der Waals surface area contributed by atoms with Crippen molar-refractivity contribution in [3.8, 4) is 0 Å². The molecular formula is C16H27N3O3. The summed E-state index contributed by atoms with van der Waals surface area (Å²) in [5.41, 5.74) is 0. The lowest BCUT2D eigenvalue weighted by Gasteiger charge is -2.29. The van der Waals surface area contributed by atoms with E-state index in [1.54, 1.807) is 0 Å². The van der Waals surface area contributed by atoms with E-state index in [1.807, 2.05) is 13.8 Å². The van der Waals surface area contributed by atoms with Crippen LogP contribution in [0.15, 0.2) is 0 Å². The fourth-order valence-corrected chi connectivity index (χ4v) is 3.28. The predicted molar refractivity (Wildman–Crippen MR) is 83.1 cm³/mol. The molecule has 2 rings (SSSR count). The molecule has 4 amide bonds. The number of nitrogens with zero attached hydrogens (tertiary/aromatic N) is 1. The number of carbonyl (C=O) groups is 3. The average Bonchev–Trinajstić information content (AvgIpc) is 2.68. The summed E-state index contributed by atoms with van der Waals surface area (Å²) in [6.07, 6.45) is 5.02. The zero-order chi connectivity index (χ0) is 16.3.